The summed E-state index contributed by atoms with van der Waals surface area (Å²) in [5, 5.41) is 0.548. The average molecular weight is 234 g/mol. The number of methoxy groups -OCH3 is 1. The Morgan fingerprint density at radius 3 is 2.82 bits per heavy atom. The molecule has 0 amide bonds. The van der Waals surface area contributed by atoms with E-state index >= 15 is 0 Å². The lowest BCUT2D eigenvalue weighted by Gasteiger charge is -2.10. The summed E-state index contributed by atoms with van der Waals surface area (Å²) in [5.74, 6) is 0.180. The highest BCUT2D eigenvalue weighted by molar-refractivity contribution is 5.96. The van der Waals surface area contributed by atoms with Crippen LogP contribution in [0.3, 0.4) is 0 Å². The van der Waals surface area contributed by atoms with E-state index in [9.17, 15) is 4.39 Å². The van der Waals surface area contributed by atoms with Gasteiger partial charge in [-0.25, -0.2) is 9.37 Å². The molecule has 0 atom stereocenters. The molecule has 4 heteroatoms. The smallest absolute Gasteiger partial charge is 0.149 e. The van der Waals surface area contributed by atoms with E-state index < -0.39 is 0 Å². The number of aromatic nitrogens is 1. The Labute approximate surface area is 99.4 Å². The van der Waals surface area contributed by atoms with Gasteiger partial charge in [0.15, 0.2) is 0 Å². The maximum absolute atomic E-state index is 13.7. The second-order valence-corrected chi connectivity index (χ2v) is 3.93. The molecule has 0 aliphatic heterocycles. The number of halogens is 1. The molecular weight excluding hydrogens is 219 g/mol. The van der Waals surface area contributed by atoms with E-state index in [4.69, 9.17) is 10.5 Å². The lowest BCUT2D eigenvalue weighted by atomic mass is 10.1. The van der Waals surface area contributed by atoms with Gasteiger partial charge in [0.05, 0.1) is 12.5 Å². The van der Waals surface area contributed by atoms with E-state index in [0.29, 0.717) is 16.8 Å². The van der Waals surface area contributed by atoms with Gasteiger partial charge in [-0.1, -0.05) is 13.3 Å². The molecule has 0 bridgehead atoms. The van der Waals surface area contributed by atoms with Crippen molar-refractivity contribution in [2.75, 3.05) is 12.8 Å². The molecule has 0 unspecified atom stereocenters. The van der Waals surface area contributed by atoms with Crippen LogP contribution in [0.4, 0.5) is 10.1 Å². The summed E-state index contributed by atoms with van der Waals surface area (Å²) in [4.78, 5) is 4.30. The van der Waals surface area contributed by atoms with Gasteiger partial charge in [-0.2, -0.15) is 0 Å². The van der Waals surface area contributed by atoms with Crippen molar-refractivity contribution in [3.63, 3.8) is 0 Å². The highest BCUT2D eigenvalue weighted by Crippen LogP contribution is 2.31. The van der Waals surface area contributed by atoms with Crippen molar-refractivity contribution in [2.45, 2.75) is 19.8 Å². The van der Waals surface area contributed by atoms with Crippen molar-refractivity contribution in [2.24, 2.45) is 0 Å². The summed E-state index contributed by atoms with van der Waals surface area (Å²) in [6, 6.07) is 4.70. The van der Waals surface area contributed by atoms with Crippen LogP contribution >= 0.6 is 0 Å². The zero-order valence-corrected chi connectivity index (χ0v) is 9.96. The second-order valence-electron chi connectivity index (χ2n) is 3.93. The number of fused-ring (bicyclic) bond motifs is 1. The molecule has 17 heavy (non-hydrogen) atoms. The average Bonchev–Trinajstić information content (AvgIpc) is 2.31. The number of aryl methyl sites for hydroxylation is 1. The molecule has 0 spiro atoms. The van der Waals surface area contributed by atoms with E-state index in [-0.39, 0.29) is 11.3 Å². The Morgan fingerprint density at radius 1 is 1.41 bits per heavy atom. The van der Waals surface area contributed by atoms with Crippen LogP contribution in [0.5, 0.6) is 5.75 Å². The number of pyridine rings is 1. The minimum Gasteiger partial charge on any atom is -0.496 e. The number of benzene rings is 1. The van der Waals surface area contributed by atoms with Crippen molar-refractivity contribution in [3.05, 3.63) is 29.7 Å². The molecule has 2 N–H and O–H groups in total. The molecule has 0 saturated carbocycles. The minimum absolute atomic E-state index is 0.285. The number of nitrogen functional groups attached to an aromatic ring is 1. The monoisotopic (exact) mass is 234 g/mol. The summed E-state index contributed by atoms with van der Waals surface area (Å²) in [6.07, 6.45) is 1.74. The predicted octanol–water partition coefficient (Wildman–Crippen LogP) is 2.92. The van der Waals surface area contributed by atoms with Gasteiger partial charge in [0.2, 0.25) is 0 Å². The third kappa shape index (κ3) is 2.02. The van der Waals surface area contributed by atoms with Crippen molar-refractivity contribution in [1.29, 1.82) is 0 Å². The van der Waals surface area contributed by atoms with Gasteiger partial charge in [0.25, 0.3) is 0 Å². The Kier molecular flexibility index (Phi) is 3.13. The van der Waals surface area contributed by atoms with Crippen molar-refractivity contribution < 1.29 is 9.13 Å². The molecule has 0 fully saturated rings. The minimum atomic E-state index is -0.370. The fraction of sp³-hybridized carbons (Fsp3) is 0.308. The molecule has 1 heterocycles. The zero-order chi connectivity index (χ0) is 12.4. The number of anilines is 1. The zero-order valence-electron chi connectivity index (χ0n) is 9.96. The largest absolute Gasteiger partial charge is 0.496 e. The van der Waals surface area contributed by atoms with E-state index in [1.54, 1.807) is 12.1 Å². The highest BCUT2D eigenvalue weighted by Gasteiger charge is 2.12. The van der Waals surface area contributed by atoms with Crippen molar-refractivity contribution >= 4 is 16.6 Å². The van der Waals surface area contributed by atoms with Gasteiger partial charge >= 0.3 is 0 Å². The van der Waals surface area contributed by atoms with Crippen LogP contribution in [0.25, 0.3) is 10.9 Å². The van der Waals surface area contributed by atoms with Crippen LogP contribution in [0.2, 0.25) is 0 Å². The van der Waals surface area contributed by atoms with Crippen LogP contribution in [0.15, 0.2) is 18.2 Å². The highest BCUT2D eigenvalue weighted by atomic mass is 19.1. The second kappa shape index (κ2) is 4.57. The summed E-state index contributed by atoms with van der Waals surface area (Å²) in [6.45, 7) is 2.05. The molecule has 90 valence electrons. The fourth-order valence-corrected chi connectivity index (χ4v) is 1.92. The van der Waals surface area contributed by atoms with Gasteiger partial charge < -0.3 is 10.5 Å². The molecule has 1 aromatic heterocycles. The SMILES string of the molecule is CCCc1cc(N)c2c(OC)ccc(F)c2n1. The van der Waals surface area contributed by atoms with Crippen molar-refractivity contribution in [1.82, 2.24) is 4.98 Å². The van der Waals surface area contributed by atoms with E-state index in [1.807, 2.05) is 6.92 Å². The van der Waals surface area contributed by atoms with E-state index in [0.717, 1.165) is 18.5 Å². The molecule has 0 aliphatic carbocycles. The molecule has 2 aromatic rings. The first-order valence-electron chi connectivity index (χ1n) is 5.59. The maximum atomic E-state index is 13.7. The number of nitrogens with two attached hydrogens (primary N) is 1. The van der Waals surface area contributed by atoms with Crippen LogP contribution in [-0.4, -0.2) is 12.1 Å². The third-order valence-corrected chi connectivity index (χ3v) is 2.68. The molecule has 3 nitrogen and oxygen atoms in total. The van der Waals surface area contributed by atoms with Gasteiger partial charge in [-0.15, -0.1) is 0 Å². The summed E-state index contributed by atoms with van der Waals surface area (Å²) < 4.78 is 18.9. The maximum Gasteiger partial charge on any atom is 0.149 e. The normalized spacial score (nSPS) is 10.8. The first-order valence-corrected chi connectivity index (χ1v) is 5.59. The van der Waals surface area contributed by atoms with Gasteiger partial charge in [-0.05, 0) is 24.6 Å². The van der Waals surface area contributed by atoms with Crippen LogP contribution in [0, 0.1) is 5.82 Å². The molecule has 0 radical (unpaired) electrons. The van der Waals surface area contributed by atoms with Gasteiger partial charge in [0, 0.05) is 11.4 Å². The number of rotatable bonds is 3. The van der Waals surface area contributed by atoms with Crippen LogP contribution in [0.1, 0.15) is 19.0 Å². The first kappa shape index (κ1) is 11.6. The van der Waals surface area contributed by atoms with Crippen LogP contribution in [-0.2, 0) is 6.42 Å². The summed E-state index contributed by atoms with van der Waals surface area (Å²) in [7, 11) is 1.53. The van der Waals surface area contributed by atoms with Crippen LogP contribution < -0.4 is 10.5 Å². The lowest BCUT2D eigenvalue weighted by Crippen LogP contribution is -1.99. The van der Waals surface area contributed by atoms with Crippen molar-refractivity contribution in [3.8, 4) is 5.75 Å². The first-order chi connectivity index (χ1) is 8.17. The predicted molar refractivity (Wildman–Crippen MR) is 66.7 cm³/mol. The van der Waals surface area contributed by atoms with E-state index in [1.165, 1.54) is 13.2 Å². The summed E-state index contributed by atoms with van der Waals surface area (Å²) in [5.41, 5.74) is 7.55. The van der Waals surface area contributed by atoms with Gasteiger partial charge in [-0.3, -0.25) is 0 Å². The summed E-state index contributed by atoms with van der Waals surface area (Å²) >= 11 is 0. The lowest BCUT2D eigenvalue weighted by molar-refractivity contribution is 0.419. The molecular formula is C13H15FN2O. The third-order valence-electron chi connectivity index (χ3n) is 2.68. The Balaban J connectivity index is 2.74. The van der Waals surface area contributed by atoms with E-state index in [2.05, 4.69) is 4.98 Å². The van der Waals surface area contributed by atoms with Gasteiger partial charge in [0.1, 0.15) is 17.1 Å². The fourth-order valence-electron chi connectivity index (χ4n) is 1.92. The molecule has 2 rings (SSSR count). The number of hydrogen-bond acceptors (Lipinski definition) is 3. The Hall–Kier alpha value is -1.84. The Morgan fingerprint density at radius 2 is 2.18 bits per heavy atom. The number of ether oxygens (including phenoxy) is 1. The number of hydrogen-bond donors (Lipinski definition) is 1. The molecule has 0 aliphatic rings. The molecule has 0 saturated heterocycles. The standard InChI is InChI=1S/C13H15FN2O/c1-3-4-8-7-10(15)12-11(17-2)6-5-9(14)13(12)16-8/h5-7H,3-4H2,1-2H3,(H2,15,16). The topological polar surface area (TPSA) is 48.1 Å². The number of nitrogens with zero attached hydrogens (tertiary/aromatic N) is 1. The Bertz CT molecular complexity index is 555. The molecule has 1 aromatic carbocycles. The quantitative estimate of drug-likeness (QED) is 0.888.